The van der Waals surface area contributed by atoms with Gasteiger partial charge in [0.25, 0.3) is 5.88 Å². The number of furan rings is 1. The van der Waals surface area contributed by atoms with Crippen molar-refractivity contribution in [1.82, 2.24) is 10.2 Å². The van der Waals surface area contributed by atoms with Gasteiger partial charge >= 0.3 is 0 Å². The lowest BCUT2D eigenvalue weighted by Gasteiger charge is -2.09. The number of benzene rings is 1. The largest absolute Gasteiger partial charge is 0.464 e. The second-order valence-corrected chi connectivity index (χ2v) is 4.76. The molecule has 3 rings (SSSR count). The smallest absolute Gasteiger partial charge is 0.257 e. The third-order valence-corrected chi connectivity index (χ3v) is 3.12. The van der Waals surface area contributed by atoms with Gasteiger partial charge in [0.05, 0.1) is 11.6 Å². The number of aryl methyl sites for hydroxylation is 1. The monoisotopic (exact) mass is 294 g/mol. The highest BCUT2D eigenvalue weighted by atomic mass is 35.5. The van der Waals surface area contributed by atoms with E-state index in [1.165, 1.54) is 6.07 Å². The second-order valence-electron chi connectivity index (χ2n) is 3.97. The fourth-order valence-electron chi connectivity index (χ4n) is 1.76. The number of fused-ring (bicyclic) bond motifs is 1. The average Bonchev–Trinajstić information content (AvgIpc) is 2.84. The minimum Gasteiger partial charge on any atom is -0.464 e. The van der Waals surface area contributed by atoms with Crippen molar-refractivity contribution in [3.8, 4) is 11.6 Å². The van der Waals surface area contributed by atoms with Gasteiger partial charge in [-0.15, -0.1) is 10.2 Å². The van der Waals surface area contributed by atoms with Crippen molar-refractivity contribution in [3.05, 3.63) is 46.3 Å². The molecule has 3 aromatic rings. The molecule has 4 nitrogen and oxygen atoms in total. The third kappa shape index (κ3) is 2.25. The fraction of sp³-hybridized carbons (Fsp3) is 0.0769. The van der Waals surface area contributed by atoms with Crippen LogP contribution in [0.4, 0.5) is 0 Å². The molecule has 0 fully saturated rings. The van der Waals surface area contributed by atoms with Crippen LogP contribution in [0, 0.1) is 6.92 Å². The van der Waals surface area contributed by atoms with E-state index in [2.05, 4.69) is 10.2 Å². The van der Waals surface area contributed by atoms with Gasteiger partial charge in [-0.2, -0.15) is 0 Å². The molecule has 0 aliphatic carbocycles. The van der Waals surface area contributed by atoms with Crippen molar-refractivity contribution in [2.24, 2.45) is 0 Å². The van der Waals surface area contributed by atoms with Gasteiger partial charge in [0, 0.05) is 6.07 Å². The Morgan fingerprint density at radius 3 is 2.79 bits per heavy atom. The average molecular weight is 295 g/mol. The molecule has 0 spiro atoms. The molecule has 0 unspecified atom stereocenters. The van der Waals surface area contributed by atoms with Gasteiger partial charge in [-0.25, -0.2) is 0 Å². The molecule has 0 aliphatic rings. The topological polar surface area (TPSA) is 48.2 Å². The Hall–Kier alpha value is -1.78. The number of ether oxygens (including phenoxy) is 1. The van der Waals surface area contributed by atoms with Crippen molar-refractivity contribution < 1.29 is 9.15 Å². The van der Waals surface area contributed by atoms with Crippen LogP contribution in [-0.4, -0.2) is 10.2 Å². The Balaban J connectivity index is 2.10. The first kappa shape index (κ1) is 12.3. The summed E-state index contributed by atoms with van der Waals surface area (Å²) < 4.78 is 11.1. The summed E-state index contributed by atoms with van der Waals surface area (Å²) in [6, 6.07) is 7.09. The van der Waals surface area contributed by atoms with Crippen LogP contribution in [-0.2, 0) is 0 Å². The van der Waals surface area contributed by atoms with E-state index >= 15 is 0 Å². The maximum absolute atomic E-state index is 6.02. The molecule has 6 heteroatoms. The summed E-state index contributed by atoms with van der Waals surface area (Å²) in [6.45, 7) is 1.93. The van der Waals surface area contributed by atoms with Crippen molar-refractivity contribution in [2.75, 3.05) is 0 Å². The van der Waals surface area contributed by atoms with Gasteiger partial charge < -0.3 is 9.15 Å². The van der Waals surface area contributed by atoms with Crippen molar-refractivity contribution in [1.29, 1.82) is 0 Å². The molecule has 19 heavy (non-hydrogen) atoms. The Morgan fingerprint density at radius 2 is 2.00 bits per heavy atom. The molecule has 2 aromatic heterocycles. The molecule has 0 radical (unpaired) electrons. The number of nitrogens with zero attached hydrogens (tertiary/aromatic N) is 2. The predicted molar refractivity (Wildman–Crippen MR) is 73.1 cm³/mol. The summed E-state index contributed by atoms with van der Waals surface area (Å²) in [7, 11) is 0. The lowest BCUT2D eigenvalue weighted by atomic mass is 10.1. The van der Waals surface area contributed by atoms with E-state index in [4.69, 9.17) is 32.4 Å². The van der Waals surface area contributed by atoms with Gasteiger partial charge in [0.1, 0.15) is 16.4 Å². The third-order valence-electron chi connectivity index (χ3n) is 2.67. The standard InChI is InChI=1S/C13H8Cl2N2O2/c1-7-2-3-10-8(4-5-18-10)12(7)19-13-9(14)6-11(15)16-17-13/h2-6H,1H3. The highest BCUT2D eigenvalue weighted by molar-refractivity contribution is 6.34. The molecule has 0 atom stereocenters. The minimum atomic E-state index is 0.211. The summed E-state index contributed by atoms with van der Waals surface area (Å²) in [5, 5.41) is 8.93. The van der Waals surface area contributed by atoms with Crippen LogP contribution in [0.15, 0.2) is 34.9 Å². The number of rotatable bonds is 2. The lowest BCUT2D eigenvalue weighted by Crippen LogP contribution is -1.94. The first-order chi connectivity index (χ1) is 9.15. The molecule has 0 amide bonds. The first-order valence-corrected chi connectivity index (χ1v) is 6.24. The molecule has 96 valence electrons. The molecular weight excluding hydrogens is 287 g/mol. The number of hydrogen-bond acceptors (Lipinski definition) is 4. The quantitative estimate of drug-likeness (QED) is 0.691. The number of aromatic nitrogens is 2. The molecule has 2 heterocycles. The zero-order valence-corrected chi connectivity index (χ0v) is 11.4. The molecular formula is C13H8Cl2N2O2. The van der Waals surface area contributed by atoms with Crippen molar-refractivity contribution in [2.45, 2.75) is 6.92 Å². The van der Waals surface area contributed by atoms with Crippen LogP contribution < -0.4 is 4.74 Å². The zero-order chi connectivity index (χ0) is 13.4. The van der Waals surface area contributed by atoms with Crippen LogP contribution in [0.2, 0.25) is 10.2 Å². The molecule has 0 saturated carbocycles. The van der Waals surface area contributed by atoms with Crippen LogP contribution >= 0.6 is 23.2 Å². The molecule has 0 saturated heterocycles. The van der Waals surface area contributed by atoms with Gasteiger partial charge in [0.2, 0.25) is 0 Å². The summed E-state index contributed by atoms with van der Waals surface area (Å²) in [5.74, 6) is 0.854. The van der Waals surface area contributed by atoms with Gasteiger partial charge in [0.15, 0.2) is 5.15 Å². The Labute approximate surface area is 118 Å². The van der Waals surface area contributed by atoms with Gasteiger partial charge in [-0.05, 0) is 24.6 Å². The van der Waals surface area contributed by atoms with Crippen LogP contribution in [0.1, 0.15) is 5.56 Å². The van der Waals surface area contributed by atoms with E-state index in [1.807, 2.05) is 25.1 Å². The first-order valence-electron chi connectivity index (χ1n) is 5.48. The van der Waals surface area contributed by atoms with Crippen LogP contribution in [0.25, 0.3) is 11.0 Å². The summed E-state index contributed by atoms with van der Waals surface area (Å²) >= 11 is 11.7. The molecule has 0 bridgehead atoms. The molecule has 0 aliphatic heterocycles. The van der Waals surface area contributed by atoms with Crippen molar-refractivity contribution >= 4 is 34.2 Å². The fourth-order valence-corrected chi connectivity index (χ4v) is 2.15. The number of hydrogen-bond donors (Lipinski definition) is 0. The van der Waals surface area contributed by atoms with E-state index in [9.17, 15) is 0 Å². The summed E-state index contributed by atoms with van der Waals surface area (Å²) in [6.07, 6.45) is 1.60. The SMILES string of the molecule is Cc1ccc2occc2c1Oc1nnc(Cl)cc1Cl. The molecule has 0 N–H and O–H groups in total. The molecule has 1 aromatic carbocycles. The summed E-state index contributed by atoms with van der Waals surface area (Å²) in [5.41, 5.74) is 1.68. The second kappa shape index (κ2) is 4.72. The predicted octanol–water partition coefficient (Wildman–Crippen LogP) is 4.63. The van der Waals surface area contributed by atoms with Gasteiger partial charge in [-0.3, -0.25) is 0 Å². The van der Waals surface area contributed by atoms with E-state index in [0.717, 1.165) is 16.5 Å². The van der Waals surface area contributed by atoms with Gasteiger partial charge in [-0.1, -0.05) is 29.3 Å². The Morgan fingerprint density at radius 1 is 1.16 bits per heavy atom. The maximum Gasteiger partial charge on any atom is 0.257 e. The highest BCUT2D eigenvalue weighted by Gasteiger charge is 2.13. The van der Waals surface area contributed by atoms with E-state index < -0.39 is 0 Å². The normalized spacial score (nSPS) is 10.9. The summed E-state index contributed by atoms with van der Waals surface area (Å²) in [4.78, 5) is 0. The van der Waals surface area contributed by atoms with Crippen molar-refractivity contribution in [3.63, 3.8) is 0 Å². The zero-order valence-electron chi connectivity index (χ0n) is 9.85. The maximum atomic E-state index is 6.02. The number of halogens is 2. The highest BCUT2D eigenvalue weighted by Crippen LogP contribution is 2.35. The minimum absolute atomic E-state index is 0.211. The van der Waals surface area contributed by atoms with Crippen LogP contribution in [0.5, 0.6) is 11.6 Å². The lowest BCUT2D eigenvalue weighted by molar-refractivity contribution is 0.457. The Bertz CT molecular complexity index is 755. The van der Waals surface area contributed by atoms with Crippen LogP contribution in [0.3, 0.4) is 0 Å². The van der Waals surface area contributed by atoms with E-state index in [0.29, 0.717) is 10.8 Å². The Kier molecular flexibility index (Phi) is 3.05. The van der Waals surface area contributed by atoms with E-state index in [-0.39, 0.29) is 11.0 Å². The van der Waals surface area contributed by atoms with E-state index in [1.54, 1.807) is 6.26 Å².